The van der Waals surface area contributed by atoms with Gasteiger partial charge in [0.25, 0.3) is 5.56 Å². The van der Waals surface area contributed by atoms with Gasteiger partial charge in [-0.3, -0.25) is 4.79 Å². The largest absolute Gasteiger partial charge is 0.479 e. The summed E-state index contributed by atoms with van der Waals surface area (Å²) < 4.78 is 6.79. The van der Waals surface area contributed by atoms with E-state index in [2.05, 4.69) is 5.10 Å². The van der Waals surface area contributed by atoms with Crippen LogP contribution in [0.25, 0.3) is 10.9 Å². The first kappa shape index (κ1) is 20.8. The Labute approximate surface area is 180 Å². The van der Waals surface area contributed by atoms with E-state index in [1.54, 1.807) is 36.5 Å². The van der Waals surface area contributed by atoms with E-state index in [9.17, 15) is 9.59 Å². The number of hydrogen-bond donors (Lipinski definition) is 1. The van der Waals surface area contributed by atoms with Crippen molar-refractivity contribution in [1.29, 1.82) is 0 Å². The molecule has 0 spiro atoms. The molecule has 1 atom stereocenters. The molecule has 1 N–H and O–H groups in total. The number of aromatic nitrogens is 2. The Hall–Kier alpha value is -3.48. The highest BCUT2D eigenvalue weighted by Crippen LogP contribution is 2.31. The molecule has 1 fully saturated rings. The third kappa shape index (κ3) is 4.66. The smallest absolute Gasteiger partial charge is 0.344 e. The molecule has 0 saturated heterocycles. The zero-order valence-electron chi connectivity index (χ0n) is 17.4. The van der Waals surface area contributed by atoms with E-state index in [0.29, 0.717) is 16.7 Å². The summed E-state index contributed by atoms with van der Waals surface area (Å²) in [6, 6.07) is 14.3. The van der Waals surface area contributed by atoms with Crippen LogP contribution in [0.5, 0.6) is 5.75 Å². The lowest BCUT2D eigenvalue weighted by Crippen LogP contribution is -2.25. The number of carboxylic acids is 1. The third-order valence-corrected chi connectivity index (χ3v) is 5.61. The zero-order valence-corrected chi connectivity index (χ0v) is 17.4. The number of benzene rings is 2. The third-order valence-electron chi connectivity index (χ3n) is 5.61. The summed E-state index contributed by atoms with van der Waals surface area (Å²) in [5.41, 5.74) is 1.30. The molecule has 0 radical (unpaired) electrons. The number of hydrogen-bond acceptors (Lipinski definition) is 5. The average Bonchev–Trinajstić information content (AvgIpc) is 2.80. The molecular formula is C24H25N3O4. The molecule has 31 heavy (non-hydrogen) atoms. The number of carbonyl (C=O) groups is 1. The van der Waals surface area contributed by atoms with Crippen LogP contribution in [0.4, 0.5) is 0 Å². The Morgan fingerprint density at radius 1 is 1.16 bits per heavy atom. The Balaban J connectivity index is 1.66. The normalized spacial score (nSPS) is 15.9. The summed E-state index contributed by atoms with van der Waals surface area (Å²) in [7, 11) is 0. The summed E-state index contributed by atoms with van der Waals surface area (Å²) in [6.45, 7) is 1.48. The Kier molecular flexibility index (Phi) is 6.11. The van der Waals surface area contributed by atoms with Gasteiger partial charge >= 0.3 is 5.97 Å². The minimum Gasteiger partial charge on any atom is -0.479 e. The summed E-state index contributed by atoms with van der Waals surface area (Å²) in [4.78, 5) is 28.9. The van der Waals surface area contributed by atoms with Crippen molar-refractivity contribution in [3.63, 3.8) is 0 Å². The Bertz CT molecular complexity index is 1160. The van der Waals surface area contributed by atoms with E-state index in [0.717, 1.165) is 37.1 Å². The van der Waals surface area contributed by atoms with Crippen LogP contribution in [0.2, 0.25) is 0 Å². The molecule has 3 aromatic rings. The van der Waals surface area contributed by atoms with Gasteiger partial charge in [-0.1, -0.05) is 31.4 Å². The topological polar surface area (TPSA) is 93.8 Å². The first-order valence-electron chi connectivity index (χ1n) is 10.6. The molecule has 0 amide bonds. The van der Waals surface area contributed by atoms with Crippen molar-refractivity contribution >= 4 is 23.1 Å². The molecule has 0 aliphatic heterocycles. The van der Waals surface area contributed by atoms with Gasteiger partial charge in [0.15, 0.2) is 6.10 Å². The maximum absolute atomic E-state index is 13.2. The monoisotopic (exact) mass is 419 g/mol. The number of aliphatic carboxylic acids is 1. The Morgan fingerprint density at radius 2 is 1.87 bits per heavy atom. The van der Waals surface area contributed by atoms with Crippen LogP contribution < -0.4 is 10.3 Å². The van der Waals surface area contributed by atoms with Crippen molar-refractivity contribution in [3.8, 4) is 5.75 Å². The molecule has 0 unspecified atom stereocenters. The second-order valence-electron chi connectivity index (χ2n) is 7.85. The lowest BCUT2D eigenvalue weighted by Gasteiger charge is -2.22. The summed E-state index contributed by atoms with van der Waals surface area (Å²) >= 11 is 0. The first-order valence-corrected chi connectivity index (χ1v) is 10.6. The molecule has 4 rings (SSSR count). The van der Waals surface area contributed by atoms with Crippen molar-refractivity contribution in [2.45, 2.75) is 51.0 Å². The summed E-state index contributed by atoms with van der Waals surface area (Å²) in [5, 5.41) is 14.0. The lowest BCUT2D eigenvalue weighted by molar-refractivity contribution is -0.144. The molecule has 1 aliphatic rings. The molecule has 1 saturated carbocycles. The number of fused-ring (bicyclic) bond motifs is 1. The van der Waals surface area contributed by atoms with Crippen LogP contribution in [0.1, 0.15) is 56.3 Å². The second-order valence-corrected chi connectivity index (χ2v) is 7.85. The van der Waals surface area contributed by atoms with Crippen LogP contribution >= 0.6 is 0 Å². The molecule has 1 aliphatic carbocycles. The minimum atomic E-state index is -1.02. The van der Waals surface area contributed by atoms with Gasteiger partial charge in [-0.15, -0.1) is 0 Å². The maximum Gasteiger partial charge on any atom is 0.344 e. The maximum atomic E-state index is 13.2. The molecule has 1 aromatic heterocycles. The van der Waals surface area contributed by atoms with Gasteiger partial charge in [0.2, 0.25) is 0 Å². The fourth-order valence-corrected chi connectivity index (χ4v) is 3.89. The van der Waals surface area contributed by atoms with Gasteiger partial charge in [0.05, 0.1) is 17.1 Å². The predicted octanol–water partition coefficient (Wildman–Crippen LogP) is 4.18. The zero-order chi connectivity index (χ0) is 21.8. The number of para-hydroxylation sites is 1. The van der Waals surface area contributed by atoms with Crippen molar-refractivity contribution in [3.05, 3.63) is 70.3 Å². The minimum absolute atomic E-state index is 0.169. The Morgan fingerprint density at radius 3 is 2.58 bits per heavy atom. The van der Waals surface area contributed by atoms with E-state index in [1.165, 1.54) is 18.0 Å². The summed E-state index contributed by atoms with van der Waals surface area (Å²) in [5.74, 6) is 0.370. The van der Waals surface area contributed by atoms with Gasteiger partial charge in [0.1, 0.15) is 11.6 Å². The van der Waals surface area contributed by atoms with Crippen molar-refractivity contribution in [1.82, 2.24) is 9.66 Å². The molecule has 160 valence electrons. The number of rotatable bonds is 6. The van der Waals surface area contributed by atoms with Gasteiger partial charge in [-0.25, -0.2) is 9.78 Å². The fraction of sp³-hybridized carbons (Fsp3) is 0.333. The van der Waals surface area contributed by atoms with Crippen molar-refractivity contribution in [2.24, 2.45) is 5.10 Å². The highest BCUT2D eigenvalue weighted by Gasteiger charge is 2.22. The quantitative estimate of drug-likeness (QED) is 0.605. The lowest BCUT2D eigenvalue weighted by atomic mass is 9.88. The SMILES string of the molecule is C[C@@H](Oc1ccc(C=Nn2c(C3CCCCC3)nc3ccccc3c2=O)cc1)C(=O)O. The van der Waals surface area contributed by atoms with Crippen LogP contribution in [0.15, 0.2) is 58.4 Å². The fourth-order valence-electron chi connectivity index (χ4n) is 3.89. The van der Waals surface area contributed by atoms with E-state index in [4.69, 9.17) is 14.8 Å². The van der Waals surface area contributed by atoms with Gasteiger partial charge in [-0.05, 0) is 61.7 Å². The second kappa shape index (κ2) is 9.12. The van der Waals surface area contributed by atoms with E-state index in [-0.39, 0.29) is 11.5 Å². The van der Waals surface area contributed by atoms with Crippen molar-refractivity contribution < 1.29 is 14.6 Å². The van der Waals surface area contributed by atoms with E-state index in [1.807, 2.05) is 18.2 Å². The summed E-state index contributed by atoms with van der Waals surface area (Å²) in [6.07, 6.45) is 6.18. The highest BCUT2D eigenvalue weighted by molar-refractivity contribution is 5.80. The highest BCUT2D eigenvalue weighted by atomic mass is 16.5. The van der Waals surface area contributed by atoms with Gasteiger partial charge < -0.3 is 9.84 Å². The first-order chi connectivity index (χ1) is 15.0. The molecule has 2 aromatic carbocycles. The van der Waals surface area contributed by atoms with Gasteiger partial charge in [0, 0.05) is 5.92 Å². The van der Waals surface area contributed by atoms with Gasteiger partial charge in [-0.2, -0.15) is 9.78 Å². The molecule has 7 heteroatoms. The standard InChI is InChI=1S/C24H25N3O4/c1-16(24(29)30)31-19-13-11-17(12-14-19)15-25-27-22(18-7-3-2-4-8-18)26-21-10-6-5-9-20(21)23(27)28/h5-6,9-16,18H,2-4,7-8H2,1H3,(H,29,30)/t16-/m1/s1. The average molecular weight is 419 g/mol. The molecule has 7 nitrogen and oxygen atoms in total. The van der Waals surface area contributed by atoms with Crippen LogP contribution in [0.3, 0.4) is 0 Å². The number of nitrogens with zero attached hydrogens (tertiary/aromatic N) is 3. The van der Waals surface area contributed by atoms with Crippen molar-refractivity contribution in [2.75, 3.05) is 0 Å². The molecule has 1 heterocycles. The molecular weight excluding hydrogens is 394 g/mol. The number of ether oxygens (including phenoxy) is 1. The van der Waals surface area contributed by atoms with E-state index >= 15 is 0 Å². The van der Waals surface area contributed by atoms with Crippen LogP contribution in [-0.4, -0.2) is 33.1 Å². The number of carboxylic acid groups (broad SMARTS) is 1. The predicted molar refractivity (Wildman–Crippen MR) is 119 cm³/mol. The van der Waals surface area contributed by atoms with E-state index < -0.39 is 12.1 Å². The van der Waals surface area contributed by atoms with Crippen LogP contribution in [0, 0.1) is 0 Å². The molecule has 0 bridgehead atoms. The van der Waals surface area contributed by atoms with Crippen LogP contribution in [-0.2, 0) is 4.79 Å².